The minimum absolute atomic E-state index is 0. The van der Waals surface area contributed by atoms with E-state index in [0.717, 1.165) is 25.4 Å². The lowest BCUT2D eigenvalue weighted by Crippen LogP contribution is -2.63. The van der Waals surface area contributed by atoms with Crippen LogP contribution in [0.5, 0.6) is 5.75 Å². The highest BCUT2D eigenvalue weighted by atomic mass is 16.6. The van der Waals surface area contributed by atoms with Gasteiger partial charge in [-0.2, -0.15) is 5.10 Å². The van der Waals surface area contributed by atoms with Crippen LogP contribution in [0, 0.1) is 5.41 Å². The third kappa shape index (κ3) is 9.94. The molecule has 3 saturated heterocycles. The quantitative estimate of drug-likeness (QED) is 0.607. The second kappa shape index (κ2) is 16.2. The van der Waals surface area contributed by atoms with E-state index in [4.69, 9.17) is 14.2 Å². The topological polar surface area (TPSA) is 104 Å². The second-order valence-electron chi connectivity index (χ2n) is 10.7. The lowest BCUT2D eigenvalue weighted by molar-refractivity contribution is -0.142. The molecule has 4 N–H and O–H groups in total. The van der Waals surface area contributed by atoms with Gasteiger partial charge in [0.1, 0.15) is 6.10 Å². The average molecular weight is 536 g/mol. The molecule has 2 aromatic rings. The van der Waals surface area contributed by atoms with Crippen LogP contribution in [0.2, 0.25) is 0 Å². The van der Waals surface area contributed by atoms with E-state index < -0.39 is 0 Å². The van der Waals surface area contributed by atoms with Crippen LogP contribution in [-0.4, -0.2) is 91.0 Å². The summed E-state index contributed by atoms with van der Waals surface area (Å²) in [6.45, 7) is 11.7. The molecule has 6 rings (SSSR count). The summed E-state index contributed by atoms with van der Waals surface area (Å²) in [4.78, 5) is 2.54. The molecule has 9 nitrogen and oxygen atoms in total. The van der Waals surface area contributed by atoms with Crippen molar-refractivity contribution >= 4 is 0 Å². The van der Waals surface area contributed by atoms with Gasteiger partial charge in [0.15, 0.2) is 5.75 Å². The van der Waals surface area contributed by atoms with Crippen molar-refractivity contribution in [1.29, 1.82) is 0 Å². The van der Waals surface area contributed by atoms with Crippen molar-refractivity contribution in [3.8, 4) is 5.75 Å². The van der Waals surface area contributed by atoms with Gasteiger partial charge in [-0.1, -0.05) is 45.2 Å². The van der Waals surface area contributed by atoms with Crippen LogP contribution in [0.4, 0.5) is 0 Å². The van der Waals surface area contributed by atoms with Crippen molar-refractivity contribution in [2.75, 3.05) is 46.5 Å². The molecule has 1 aromatic heterocycles. The Bertz CT molecular complexity index is 870. The summed E-state index contributed by atoms with van der Waals surface area (Å²) < 4.78 is 17.5. The fourth-order valence-corrected chi connectivity index (χ4v) is 5.24. The van der Waals surface area contributed by atoms with E-state index in [0.29, 0.717) is 36.8 Å². The summed E-state index contributed by atoms with van der Waals surface area (Å²) in [5, 5.41) is 10.7. The monoisotopic (exact) mass is 535 g/mol. The standard InChI is InChI=1S/C14H19NO.C7H10N2O2.C6H14N2.2CH4.H2O/c1-16-13-7-14(8-13)10-15(11-14)9-12-5-3-2-4-6-12;1-9-3-6(2-8-9)11-7-4-10-5-7;1-5-3-7-4-6(2)8-5;;;/h2-6,13H,7-11H2,1H3;2-3,7H,4-5H2,1H3;5-8H,3-4H2,1-2H3;2*1H4;1H2/t;;5-,6+;;;. The Morgan fingerprint density at radius 1 is 1.03 bits per heavy atom. The molecule has 2 atom stereocenters. The smallest absolute Gasteiger partial charge is 0.157 e. The van der Waals surface area contributed by atoms with Crippen molar-refractivity contribution in [1.82, 2.24) is 25.3 Å². The highest BCUT2D eigenvalue weighted by molar-refractivity contribution is 5.16. The lowest BCUT2D eigenvalue weighted by Gasteiger charge is -2.58. The number of aromatic nitrogens is 2. The first-order chi connectivity index (χ1) is 16.9. The third-order valence-corrected chi connectivity index (χ3v) is 7.08. The first kappa shape index (κ1) is 34.0. The highest BCUT2D eigenvalue weighted by Crippen LogP contribution is 2.49. The molecule has 1 spiro atoms. The summed E-state index contributed by atoms with van der Waals surface area (Å²) in [7, 11) is 3.70. The largest absolute Gasteiger partial charge is 0.482 e. The molecule has 1 aromatic carbocycles. The fourth-order valence-electron chi connectivity index (χ4n) is 5.24. The van der Waals surface area contributed by atoms with E-state index in [1.807, 2.05) is 20.4 Å². The molecule has 0 unspecified atom stereocenters. The van der Waals surface area contributed by atoms with E-state index in [9.17, 15) is 0 Å². The van der Waals surface area contributed by atoms with E-state index >= 15 is 0 Å². The molecular weight excluding hydrogens is 482 g/mol. The van der Waals surface area contributed by atoms with Crippen LogP contribution in [-0.2, 0) is 23.1 Å². The van der Waals surface area contributed by atoms with E-state index in [1.165, 1.54) is 31.5 Å². The Balaban J connectivity index is 0.000000291. The molecule has 1 aliphatic carbocycles. The van der Waals surface area contributed by atoms with Gasteiger partial charge in [0.25, 0.3) is 0 Å². The maximum atomic E-state index is 5.46. The number of benzene rings is 1. The van der Waals surface area contributed by atoms with Crippen molar-refractivity contribution in [2.45, 2.75) is 72.4 Å². The van der Waals surface area contributed by atoms with E-state index in [-0.39, 0.29) is 26.4 Å². The fraction of sp³-hybridized carbons (Fsp3) is 0.690. The molecule has 0 amide bonds. The van der Waals surface area contributed by atoms with Crippen LogP contribution in [0.25, 0.3) is 0 Å². The molecule has 38 heavy (non-hydrogen) atoms. The van der Waals surface area contributed by atoms with Crippen LogP contribution >= 0.6 is 0 Å². The third-order valence-electron chi connectivity index (χ3n) is 7.08. The first-order valence-electron chi connectivity index (χ1n) is 12.9. The zero-order valence-corrected chi connectivity index (χ0v) is 22.3. The molecule has 0 bridgehead atoms. The van der Waals surface area contributed by atoms with Gasteiger partial charge >= 0.3 is 0 Å². The number of nitrogens with zero attached hydrogens (tertiary/aromatic N) is 3. The molecule has 3 aliphatic heterocycles. The average Bonchev–Trinajstić information content (AvgIpc) is 3.18. The Hall–Kier alpha value is -2.01. The minimum atomic E-state index is 0. The van der Waals surface area contributed by atoms with Crippen molar-refractivity contribution in [3.63, 3.8) is 0 Å². The molecule has 0 radical (unpaired) electrons. The van der Waals surface area contributed by atoms with Crippen molar-refractivity contribution < 1.29 is 19.7 Å². The summed E-state index contributed by atoms with van der Waals surface area (Å²) in [5.41, 5.74) is 2.05. The van der Waals surface area contributed by atoms with Gasteiger partial charge in [0, 0.05) is 64.4 Å². The predicted octanol–water partition coefficient (Wildman–Crippen LogP) is 2.90. The zero-order valence-electron chi connectivity index (χ0n) is 22.3. The number of rotatable bonds is 5. The Labute approximate surface area is 230 Å². The normalized spacial score (nSPS) is 23.7. The number of aryl methyl sites for hydroxylation is 1. The number of ether oxygens (including phenoxy) is 3. The SMILES string of the molecule is C.C.COC1CC2(C1)CN(Cc1ccccc1)C2.C[C@@H]1CNC[C@H](C)N1.Cn1cc(OC2COC2)cn1.O. The number of hydrogen-bond donors (Lipinski definition) is 2. The van der Waals surface area contributed by atoms with Gasteiger partial charge in [0.2, 0.25) is 0 Å². The van der Waals surface area contributed by atoms with Gasteiger partial charge in [-0.3, -0.25) is 9.58 Å². The molecular formula is C29H53N5O4. The minimum Gasteiger partial charge on any atom is -0.482 e. The molecule has 218 valence electrons. The number of methoxy groups -OCH3 is 1. The van der Waals surface area contributed by atoms with Crippen LogP contribution in [0.1, 0.15) is 47.1 Å². The number of piperazine rings is 1. The summed E-state index contributed by atoms with van der Waals surface area (Å²) in [6.07, 6.45) is 6.87. The Morgan fingerprint density at radius 2 is 1.66 bits per heavy atom. The summed E-state index contributed by atoms with van der Waals surface area (Å²) in [6, 6.07) is 12.0. The van der Waals surface area contributed by atoms with E-state index in [2.05, 4.69) is 64.8 Å². The number of likely N-dealkylation sites (tertiary alicyclic amines) is 1. The lowest BCUT2D eigenvalue weighted by atomic mass is 9.61. The van der Waals surface area contributed by atoms with E-state index in [1.54, 1.807) is 10.9 Å². The summed E-state index contributed by atoms with van der Waals surface area (Å²) >= 11 is 0. The van der Waals surface area contributed by atoms with Crippen LogP contribution in [0.15, 0.2) is 42.7 Å². The van der Waals surface area contributed by atoms with Gasteiger partial charge in [-0.05, 0) is 32.3 Å². The first-order valence-corrected chi connectivity index (χ1v) is 12.9. The van der Waals surface area contributed by atoms with Gasteiger partial charge in [-0.15, -0.1) is 0 Å². The second-order valence-corrected chi connectivity index (χ2v) is 10.7. The predicted molar refractivity (Wildman–Crippen MR) is 155 cm³/mol. The highest BCUT2D eigenvalue weighted by Gasteiger charge is 2.52. The molecule has 4 fully saturated rings. The van der Waals surface area contributed by atoms with Gasteiger partial charge in [-0.25, -0.2) is 0 Å². The summed E-state index contributed by atoms with van der Waals surface area (Å²) in [5.74, 6) is 0.820. The van der Waals surface area contributed by atoms with Crippen molar-refractivity contribution in [2.24, 2.45) is 12.5 Å². The zero-order chi connectivity index (χ0) is 24.7. The number of nitrogens with one attached hydrogen (secondary N) is 2. The van der Waals surface area contributed by atoms with Crippen LogP contribution < -0.4 is 15.4 Å². The Kier molecular flexibility index (Phi) is 14.5. The van der Waals surface area contributed by atoms with Crippen LogP contribution in [0.3, 0.4) is 0 Å². The maximum Gasteiger partial charge on any atom is 0.157 e. The molecule has 4 heterocycles. The van der Waals surface area contributed by atoms with Gasteiger partial charge < -0.3 is 30.3 Å². The number of hydrogen-bond acceptors (Lipinski definition) is 7. The van der Waals surface area contributed by atoms with Gasteiger partial charge in [0.05, 0.1) is 31.7 Å². The maximum absolute atomic E-state index is 5.46. The Morgan fingerprint density at radius 3 is 2.11 bits per heavy atom. The van der Waals surface area contributed by atoms with Crippen molar-refractivity contribution in [3.05, 3.63) is 48.3 Å². The molecule has 4 aliphatic rings. The molecule has 1 saturated carbocycles. The molecule has 9 heteroatoms.